The summed E-state index contributed by atoms with van der Waals surface area (Å²) < 4.78 is 101. The molecule has 41 heavy (non-hydrogen) atoms. The molecule has 1 saturated heterocycles. The minimum Gasteiger partial charge on any atom is -1.00 e. The van der Waals surface area contributed by atoms with E-state index in [0.717, 1.165) is 11.3 Å². The average Bonchev–Trinajstić information content (AvgIpc) is 3.40. The first-order chi connectivity index (χ1) is 18.4. The van der Waals surface area contributed by atoms with Gasteiger partial charge < -0.3 is 38.1 Å². The van der Waals surface area contributed by atoms with Crippen molar-refractivity contribution < 1.29 is 68.7 Å². The molecular formula is C29H32F7IN2O2. The van der Waals surface area contributed by atoms with Crippen molar-refractivity contribution in [3.05, 3.63) is 81.8 Å². The third-order valence-corrected chi connectivity index (χ3v) is 7.31. The summed E-state index contributed by atoms with van der Waals surface area (Å²) in [6.45, 7) is 2.61. The van der Waals surface area contributed by atoms with Gasteiger partial charge in [0, 0.05) is 31.1 Å². The first-order valence-electron chi connectivity index (χ1n) is 12.9. The number of ketones is 1. The van der Waals surface area contributed by atoms with E-state index in [-0.39, 0.29) is 53.9 Å². The van der Waals surface area contributed by atoms with Crippen LogP contribution in [0.1, 0.15) is 54.0 Å². The number of likely N-dealkylation sites (tertiary alicyclic amines) is 1. The number of benzene rings is 2. The second kappa shape index (κ2) is 12.2. The topological polar surface area (TPSA) is 29.5 Å². The van der Waals surface area contributed by atoms with Crippen LogP contribution in [0.2, 0.25) is 0 Å². The first kappa shape index (κ1) is 33.3. The van der Waals surface area contributed by atoms with E-state index in [9.17, 15) is 35.5 Å². The van der Waals surface area contributed by atoms with E-state index in [2.05, 4.69) is 0 Å². The normalized spacial score (nSPS) is 21.0. The van der Waals surface area contributed by atoms with Crippen molar-refractivity contribution in [3.63, 3.8) is 0 Å². The fourth-order valence-corrected chi connectivity index (χ4v) is 5.41. The number of nitrogens with zero attached hydrogens (tertiary/aromatic N) is 2. The van der Waals surface area contributed by atoms with E-state index < -0.39 is 41.5 Å². The number of likely N-dealkylation sites (N-methyl/N-ethyl adjacent to an activating group) is 1. The molecule has 0 amide bonds. The maximum atomic E-state index is 13.7. The zero-order chi connectivity index (χ0) is 29.6. The van der Waals surface area contributed by atoms with Gasteiger partial charge in [-0.1, -0.05) is 12.1 Å². The quantitative estimate of drug-likeness (QED) is 0.251. The van der Waals surface area contributed by atoms with Crippen LogP contribution in [-0.4, -0.2) is 62.0 Å². The van der Waals surface area contributed by atoms with Gasteiger partial charge in [0.25, 0.3) is 0 Å². The van der Waals surface area contributed by atoms with Gasteiger partial charge in [-0.15, -0.1) is 0 Å². The van der Waals surface area contributed by atoms with Gasteiger partial charge in [-0.2, -0.15) is 26.3 Å². The number of ether oxygens (including phenoxy) is 1. The molecule has 0 bridgehead atoms. The van der Waals surface area contributed by atoms with Crippen LogP contribution < -0.4 is 24.0 Å². The minimum absolute atomic E-state index is 0. The van der Waals surface area contributed by atoms with Crippen molar-refractivity contribution in [1.82, 2.24) is 4.90 Å². The van der Waals surface area contributed by atoms with Gasteiger partial charge in [0.15, 0.2) is 5.78 Å². The molecule has 2 aromatic carbocycles. The lowest BCUT2D eigenvalue weighted by molar-refractivity contribution is -0.865. The third kappa shape index (κ3) is 8.01. The van der Waals surface area contributed by atoms with Crippen LogP contribution in [-0.2, 0) is 21.9 Å². The van der Waals surface area contributed by atoms with Crippen LogP contribution in [0.15, 0.2) is 53.7 Å². The molecule has 1 aliphatic carbocycles. The molecule has 1 fully saturated rings. The van der Waals surface area contributed by atoms with Gasteiger partial charge in [-0.3, -0.25) is 4.79 Å². The Morgan fingerprint density at radius 1 is 0.927 bits per heavy atom. The smallest absolute Gasteiger partial charge is 0.416 e. The molecule has 2 aliphatic rings. The Labute approximate surface area is 251 Å². The number of carbonyl (C=O) groups excluding carboxylic acids is 1. The Morgan fingerprint density at radius 2 is 1.49 bits per heavy atom. The Kier molecular flexibility index (Phi) is 9.91. The van der Waals surface area contributed by atoms with Crippen molar-refractivity contribution >= 4 is 5.78 Å². The van der Waals surface area contributed by atoms with Crippen LogP contribution in [0.5, 0.6) is 0 Å². The highest BCUT2D eigenvalue weighted by molar-refractivity contribution is 5.98. The van der Waals surface area contributed by atoms with Gasteiger partial charge in [-0.25, -0.2) is 4.39 Å². The summed E-state index contributed by atoms with van der Waals surface area (Å²) in [6, 6.07) is 7.22. The van der Waals surface area contributed by atoms with Crippen molar-refractivity contribution in [3.8, 4) is 0 Å². The SMILES string of the molecule is C[C@@H](O[C@H]1CN(C2=C(C[N+](C)(C)C)C(=O)CC2)C[C@@H]1c1ccc(F)cc1)c1cc(C(F)(F)F)cc(C(F)(F)F)c1.[I-]. The lowest BCUT2D eigenvalue weighted by atomic mass is 9.95. The lowest BCUT2D eigenvalue weighted by Crippen LogP contribution is -3.00. The van der Waals surface area contributed by atoms with Crippen LogP contribution in [0.3, 0.4) is 0 Å². The van der Waals surface area contributed by atoms with Crippen LogP contribution in [0.25, 0.3) is 0 Å². The molecule has 1 aliphatic heterocycles. The molecule has 0 aromatic heterocycles. The van der Waals surface area contributed by atoms with Crippen molar-refractivity contribution in [2.75, 3.05) is 40.8 Å². The van der Waals surface area contributed by atoms with Gasteiger partial charge in [0.05, 0.1) is 50.1 Å². The van der Waals surface area contributed by atoms with Gasteiger partial charge in [0.1, 0.15) is 12.4 Å². The number of alkyl halides is 6. The van der Waals surface area contributed by atoms with Crippen molar-refractivity contribution in [1.29, 1.82) is 0 Å². The highest BCUT2D eigenvalue weighted by Crippen LogP contribution is 2.41. The predicted molar refractivity (Wildman–Crippen MR) is 135 cm³/mol. The summed E-state index contributed by atoms with van der Waals surface area (Å²) >= 11 is 0. The minimum atomic E-state index is -4.97. The molecular weight excluding hydrogens is 668 g/mol. The van der Waals surface area contributed by atoms with Gasteiger partial charge >= 0.3 is 12.4 Å². The van der Waals surface area contributed by atoms with Gasteiger partial charge in [0.2, 0.25) is 0 Å². The second-order valence-electron chi connectivity index (χ2n) is 11.5. The molecule has 1 heterocycles. The summed E-state index contributed by atoms with van der Waals surface area (Å²) in [5.74, 6) is -0.741. The fraction of sp³-hybridized carbons (Fsp3) is 0.483. The van der Waals surface area contributed by atoms with Crippen molar-refractivity contribution in [2.24, 2.45) is 0 Å². The summed E-state index contributed by atoms with van der Waals surface area (Å²) in [5.41, 5.74) is -0.751. The molecule has 2 aromatic rings. The molecule has 4 rings (SSSR count). The monoisotopic (exact) mass is 700 g/mol. The van der Waals surface area contributed by atoms with E-state index >= 15 is 0 Å². The number of halogens is 8. The fourth-order valence-electron chi connectivity index (χ4n) is 5.41. The predicted octanol–water partition coefficient (Wildman–Crippen LogP) is 3.74. The molecule has 0 saturated carbocycles. The Bertz CT molecular complexity index is 1250. The lowest BCUT2D eigenvalue weighted by Gasteiger charge is -2.27. The zero-order valence-electron chi connectivity index (χ0n) is 23.0. The van der Waals surface area contributed by atoms with E-state index in [1.54, 1.807) is 12.1 Å². The number of allylic oxidation sites excluding steroid dienone is 1. The van der Waals surface area contributed by atoms with Crippen LogP contribution in [0, 0.1) is 5.82 Å². The summed E-state index contributed by atoms with van der Waals surface area (Å²) in [5, 5.41) is 0. The van der Waals surface area contributed by atoms with Gasteiger partial charge in [-0.05, 0) is 54.8 Å². The average molecular weight is 700 g/mol. The number of rotatable bonds is 7. The molecule has 0 unspecified atom stereocenters. The van der Waals surface area contributed by atoms with Crippen LogP contribution in [0.4, 0.5) is 30.7 Å². The maximum absolute atomic E-state index is 13.7. The molecule has 12 heteroatoms. The number of carbonyl (C=O) groups is 1. The number of hydrogen-bond acceptors (Lipinski definition) is 3. The first-order valence-corrected chi connectivity index (χ1v) is 12.9. The van der Waals surface area contributed by atoms with E-state index in [1.807, 2.05) is 26.0 Å². The molecule has 0 N–H and O–H groups in total. The second-order valence-corrected chi connectivity index (χ2v) is 11.5. The summed E-state index contributed by atoms with van der Waals surface area (Å²) in [4.78, 5) is 14.7. The summed E-state index contributed by atoms with van der Waals surface area (Å²) in [6.07, 6.45) is -10.8. The van der Waals surface area contributed by atoms with E-state index in [0.29, 0.717) is 48.1 Å². The number of hydrogen-bond donors (Lipinski definition) is 0. The number of quaternary nitrogens is 1. The molecule has 3 atom stereocenters. The Hall–Kier alpha value is -2.19. The molecule has 0 radical (unpaired) electrons. The maximum Gasteiger partial charge on any atom is 0.416 e. The van der Waals surface area contributed by atoms with E-state index in [4.69, 9.17) is 4.74 Å². The third-order valence-electron chi connectivity index (χ3n) is 7.31. The van der Waals surface area contributed by atoms with Crippen LogP contribution >= 0.6 is 0 Å². The van der Waals surface area contributed by atoms with Crippen molar-refractivity contribution in [2.45, 2.75) is 50.2 Å². The highest BCUT2D eigenvalue weighted by Gasteiger charge is 2.41. The Morgan fingerprint density at radius 3 is 2.00 bits per heavy atom. The number of Topliss-reactive ketones (excluding diaryl/α,β-unsaturated/α-hetero) is 1. The largest absolute Gasteiger partial charge is 1.00 e. The standard InChI is InChI=1S/C29H32F7N2O2.HI/c1-17(19-11-20(28(31,32)33)13-21(12-19)29(34,35)36)40-27-15-37(14-23(27)18-5-7-22(30)8-6-18)25-9-10-26(39)24(25)16-38(2,3)4;/h5-8,11-13,17,23,27H,9-10,14-16H2,1-4H3;1H/q+1;/p-1/t17-,23-,27+;/m1./s1. The molecule has 226 valence electrons. The zero-order valence-corrected chi connectivity index (χ0v) is 25.2. The molecule has 4 nitrogen and oxygen atoms in total. The highest BCUT2D eigenvalue weighted by atomic mass is 127. The van der Waals surface area contributed by atoms with E-state index in [1.165, 1.54) is 19.1 Å². The Balaban J connectivity index is 0.00000462. The summed E-state index contributed by atoms with van der Waals surface area (Å²) in [7, 11) is 5.91. The molecule has 0 spiro atoms.